The van der Waals surface area contributed by atoms with Crippen molar-refractivity contribution < 1.29 is 0 Å². The van der Waals surface area contributed by atoms with Crippen LogP contribution in [0.15, 0.2) is 188 Å². The van der Waals surface area contributed by atoms with Crippen LogP contribution in [0.5, 0.6) is 0 Å². The monoisotopic (exact) mass is 629 g/mol. The van der Waals surface area contributed by atoms with Crippen molar-refractivity contribution in [2.75, 3.05) is 4.90 Å². The summed E-state index contributed by atoms with van der Waals surface area (Å²) in [5.41, 5.74) is 10.7. The molecular formula is C46H31NS. The van der Waals surface area contributed by atoms with Crippen molar-refractivity contribution in [1.82, 2.24) is 0 Å². The third kappa shape index (κ3) is 4.95. The molecule has 8 aromatic carbocycles. The Morgan fingerprint density at radius 3 is 1.69 bits per heavy atom. The molecule has 0 bridgehead atoms. The first-order chi connectivity index (χ1) is 23.8. The summed E-state index contributed by atoms with van der Waals surface area (Å²) in [6.45, 7) is 0. The molecule has 2 heteroatoms. The molecule has 9 rings (SSSR count). The van der Waals surface area contributed by atoms with Crippen molar-refractivity contribution in [1.29, 1.82) is 0 Å². The third-order valence-electron chi connectivity index (χ3n) is 9.30. The Morgan fingerprint density at radius 2 is 0.875 bits per heavy atom. The molecule has 0 aliphatic carbocycles. The smallest absolute Gasteiger partial charge is 0.0540 e. The molecule has 0 spiro atoms. The van der Waals surface area contributed by atoms with Crippen molar-refractivity contribution in [3.8, 4) is 33.4 Å². The van der Waals surface area contributed by atoms with Crippen LogP contribution >= 0.6 is 11.3 Å². The van der Waals surface area contributed by atoms with Gasteiger partial charge in [0.15, 0.2) is 0 Å². The SMILES string of the molecule is c1ccc(-c2ccc(N(c3ccc(-c4cccc5ccccc45)cc3)c3ccccc3-c3cccc4sc5ccccc5c34)cc2)cc1. The molecule has 0 saturated heterocycles. The van der Waals surface area contributed by atoms with Gasteiger partial charge in [-0.15, -0.1) is 11.3 Å². The zero-order valence-corrected chi connectivity index (χ0v) is 27.1. The third-order valence-corrected chi connectivity index (χ3v) is 10.4. The fourth-order valence-corrected chi connectivity index (χ4v) is 8.16. The predicted octanol–water partition coefficient (Wildman–Crippen LogP) is 13.7. The van der Waals surface area contributed by atoms with Gasteiger partial charge in [0.25, 0.3) is 0 Å². The first kappa shape index (κ1) is 28.3. The second kappa shape index (κ2) is 12.0. The number of hydrogen-bond donors (Lipinski definition) is 0. The second-order valence-electron chi connectivity index (χ2n) is 12.1. The Morgan fingerprint density at radius 1 is 0.333 bits per heavy atom. The summed E-state index contributed by atoms with van der Waals surface area (Å²) in [6, 6.07) is 68.1. The number of thiophene rings is 1. The molecule has 1 nitrogen and oxygen atoms in total. The number of hydrogen-bond acceptors (Lipinski definition) is 2. The fraction of sp³-hybridized carbons (Fsp3) is 0. The van der Waals surface area contributed by atoms with Crippen LogP contribution in [0.1, 0.15) is 0 Å². The number of fused-ring (bicyclic) bond motifs is 4. The average molecular weight is 630 g/mol. The lowest BCUT2D eigenvalue weighted by atomic mass is 9.96. The van der Waals surface area contributed by atoms with Crippen LogP contribution in [0, 0.1) is 0 Å². The van der Waals surface area contributed by atoms with Gasteiger partial charge in [-0.3, -0.25) is 0 Å². The molecule has 9 aromatic rings. The summed E-state index contributed by atoms with van der Waals surface area (Å²) < 4.78 is 2.62. The average Bonchev–Trinajstić information content (AvgIpc) is 3.55. The first-order valence-corrected chi connectivity index (χ1v) is 17.2. The van der Waals surface area contributed by atoms with E-state index in [1.165, 1.54) is 64.3 Å². The molecule has 0 radical (unpaired) electrons. The lowest BCUT2D eigenvalue weighted by Crippen LogP contribution is -2.11. The summed E-state index contributed by atoms with van der Waals surface area (Å²) in [4.78, 5) is 2.41. The minimum atomic E-state index is 1.11. The second-order valence-corrected chi connectivity index (χ2v) is 13.2. The van der Waals surface area contributed by atoms with Gasteiger partial charge in [-0.05, 0) is 81.1 Å². The molecule has 0 N–H and O–H groups in total. The molecule has 0 aliphatic rings. The summed E-state index contributed by atoms with van der Waals surface area (Å²) in [6.07, 6.45) is 0. The fourth-order valence-electron chi connectivity index (χ4n) is 7.02. The lowest BCUT2D eigenvalue weighted by molar-refractivity contribution is 1.28. The maximum absolute atomic E-state index is 2.41. The Kier molecular flexibility index (Phi) is 7.07. The van der Waals surface area contributed by atoms with Crippen molar-refractivity contribution in [3.63, 3.8) is 0 Å². The van der Waals surface area contributed by atoms with Crippen molar-refractivity contribution >= 4 is 59.3 Å². The normalized spacial score (nSPS) is 11.3. The number of nitrogens with zero attached hydrogens (tertiary/aromatic N) is 1. The van der Waals surface area contributed by atoms with Crippen LogP contribution in [0.25, 0.3) is 64.3 Å². The zero-order valence-electron chi connectivity index (χ0n) is 26.3. The van der Waals surface area contributed by atoms with E-state index in [-0.39, 0.29) is 0 Å². The molecule has 0 aliphatic heterocycles. The van der Waals surface area contributed by atoms with E-state index in [0.29, 0.717) is 0 Å². The Balaban J connectivity index is 1.22. The van der Waals surface area contributed by atoms with Gasteiger partial charge in [-0.2, -0.15) is 0 Å². The van der Waals surface area contributed by atoms with E-state index in [1.807, 2.05) is 11.3 Å². The minimum absolute atomic E-state index is 1.11. The molecule has 1 aromatic heterocycles. The van der Waals surface area contributed by atoms with E-state index in [9.17, 15) is 0 Å². The topological polar surface area (TPSA) is 3.24 Å². The maximum atomic E-state index is 2.41. The van der Waals surface area contributed by atoms with Gasteiger partial charge in [-0.25, -0.2) is 0 Å². The van der Waals surface area contributed by atoms with Crippen molar-refractivity contribution in [2.45, 2.75) is 0 Å². The zero-order chi connectivity index (χ0) is 31.9. The molecule has 226 valence electrons. The summed E-state index contributed by atoms with van der Waals surface area (Å²) in [5, 5.41) is 5.14. The summed E-state index contributed by atoms with van der Waals surface area (Å²) in [5.74, 6) is 0. The van der Waals surface area contributed by atoms with Crippen LogP contribution < -0.4 is 4.90 Å². The van der Waals surface area contributed by atoms with E-state index in [1.54, 1.807) is 0 Å². The number of benzene rings is 8. The van der Waals surface area contributed by atoms with Gasteiger partial charge in [0.2, 0.25) is 0 Å². The molecule has 0 atom stereocenters. The molecule has 0 saturated carbocycles. The standard InChI is InChI=1S/C46H31NS/c1-2-12-32(13-3-1)33-24-28-36(29-25-33)47(37-30-26-35(27-31-37)39-19-10-15-34-14-4-5-16-38(34)39)43-21-8-6-17-40(43)41-20-11-23-45-46(41)42-18-7-9-22-44(42)48-45/h1-31H. The van der Waals surface area contributed by atoms with Gasteiger partial charge >= 0.3 is 0 Å². The summed E-state index contributed by atoms with van der Waals surface area (Å²) in [7, 11) is 0. The molecule has 0 fully saturated rings. The van der Waals surface area contributed by atoms with Crippen LogP contribution in [0.2, 0.25) is 0 Å². The minimum Gasteiger partial charge on any atom is -0.310 e. The van der Waals surface area contributed by atoms with Gasteiger partial charge in [0.05, 0.1) is 5.69 Å². The predicted molar refractivity (Wildman–Crippen MR) is 208 cm³/mol. The van der Waals surface area contributed by atoms with Crippen LogP contribution in [-0.4, -0.2) is 0 Å². The molecular weight excluding hydrogens is 599 g/mol. The molecule has 48 heavy (non-hydrogen) atoms. The van der Waals surface area contributed by atoms with Gasteiger partial charge in [0, 0.05) is 37.1 Å². The highest BCUT2D eigenvalue weighted by Crippen LogP contribution is 2.46. The van der Waals surface area contributed by atoms with E-state index < -0.39 is 0 Å². The van der Waals surface area contributed by atoms with Gasteiger partial charge < -0.3 is 4.90 Å². The van der Waals surface area contributed by atoms with Crippen LogP contribution in [0.4, 0.5) is 17.1 Å². The number of para-hydroxylation sites is 1. The molecule has 0 unspecified atom stereocenters. The van der Waals surface area contributed by atoms with Crippen LogP contribution in [-0.2, 0) is 0 Å². The number of rotatable bonds is 6. The van der Waals surface area contributed by atoms with Gasteiger partial charge in [-0.1, -0.05) is 146 Å². The Hall–Kier alpha value is -5.96. The van der Waals surface area contributed by atoms with Crippen molar-refractivity contribution in [2.24, 2.45) is 0 Å². The highest BCUT2D eigenvalue weighted by Gasteiger charge is 2.20. The number of anilines is 3. The summed E-state index contributed by atoms with van der Waals surface area (Å²) >= 11 is 1.86. The lowest BCUT2D eigenvalue weighted by Gasteiger charge is -2.28. The first-order valence-electron chi connectivity index (χ1n) is 16.4. The molecule has 0 amide bonds. The quantitative estimate of drug-likeness (QED) is 0.177. The van der Waals surface area contributed by atoms with Crippen molar-refractivity contribution in [3.05, 3.63) is 188 Å². The highest BCUT2D eigenvalue weighted by atomic mass is 32.1. The van der Waals surface area contributed by atoms with E-state index in [4.69, 9.17) is 0 Å². The largest absolute Gasteiger partial charge is 0.310 e. The highest BCUT2D eigenvalue weighted by molar-refractivity contribution is 7.25. The van der Waals surface area contributed by atoms with Gasteiger partial charge in [0.1, 0.15) is 0 Å². The Bertz CT molecular complexity index is 2540. The molecule has 1 heterocycles. The Labute approximate surface area is 284 Å². The maximum Gasteiger partial charge on any atom is 0.0540 e. The van der Waals surface area contributed by atoms with E-state index in [2.05, 4.69) is 193 Å². The van der Waals surface area contributed by atoms with E-state index >= 15 is 0 Å². The van der Waals surface area contributed by atoms with Crippen LogP contribution in [0.3, 0.4) is 0 Å². The van der Waals surface area contributed by atoms with E-state index in [0.717, 1.165) is 17.1 Å².